The van der Waals surface area contributed by atoms with Crippen molar-refractivity contribution in [3.63, 3.8) is 0 Å². The van der Waals surface area contributed by atoms with Gasteiger partial charge in [-0.3, -0.25) is 0 Å². The summed E-state index contributed by atoms with van der Waals surface area (Å²) >= 11 is 4.29. The van der Waals surface area contributed by atoms with Crippen LogP contribution in [0.4, 0.5) is 0 Å². The smallest absolute Gasteiger partial charge is 0.0184 e. The fraction of sp³-hybridized carbons (Fsp3) is 0.625. The van der Waals surface area contributed by atoms with Gasteiger partial charge in [0.1, 0.15) is 0 Å². The molecule has 0 nitrogen and oxygen atoms in total. The van der Waals surface area contributed by atoms with Gasteiger partial charge in [0.2, 0.25) is 0 Å². The molecule has 1 aromatic carbocycles. The minimum absolute atomic E-state index is 0.994. The lowest BCUT2D eigenvalue weighted by Crippen LogP contribution is -2.19. The lowest BCUT2D eigenvalue weighted by Gasteiger charge is -2.28. The van der Waals surface area contributed by atoms with Crippen LogP contribution in [0, 0.1) is 11.8 Å². The lowest BCUT2D eigenvalue weighted by molar-refractivity contribution is 0.309. The van der Waals surface area contributed by atoms with E-state index in [0.717, 1.165) is 11.8 Å². The molecule has 0 saturated heterocycles. The van der Waals surface area contributed by atoms with Crippen LogP contribution in [-0.4, -0.2) is 11.5 Å². The van der Waals surface area contributed by atoms with E-state index in [0.29, 0.717) is 0 Å². The maximum atomic E-state index is 2.33. The molecule has 1 aromatic rings. The Bertz CT molecular complexity index is 336. The van der Waals surface area contributed by atoms with Gasteiger partial charge in [-0.15, -0.1) is 0 Å². The second-order valence-corrected chi connectivity index (χ2v) is 7.81. The fourth-order valence-corrected chi connectivity index (χ4v) is 5.49. The van der Waals surface area contributed by atoms with Crippen molar-refractivity contribution in [3.8, 4) is 0 Å². The Hall–Kier alpha value is -0.0800. The molecule has 98 valence electrons. The molecule has 4 bridgehead atoms. The first-order chi connectivity index (χ1) is 8.90. The van der Waals surface area contributed by atoms with Gasteiger partial charge in [0.15, 0.2) is 0 Å². The van der Waals surface area contributed by atoms with Crippen LogP contribution in [0.15, 0.2) is 24.3 Å². The summed E-state index contributed by atoms with van der Waals surface area (Å²) in [5.74, 6) is 7.15. The monoisotopic (exact) mass is 278 g/mol. The molecule has 3 aliphatic rings. The maximum Gasteiger partial charge on any atom is 0.0184 e. The van der Waals surface area contributed by atoms with E-state index in [2.05, 4.69) is 47.8 Å². The van der Waals surface area contributed by atoms with Crippen molar-refractivity contribution in [2.75, 3.05) is 11.5 Å². The maximum absolute atomic E-state index is 2.33. The van der Waals surface area contributed by atoms with Crippen LogP contribution >= 0.6 is 23.5 Å². The standard InChI is InChI=1S/C16H22S2/c1-2-15-8-16(3-1)12-18-10-14-6-4-13(5-7-14)9-17-11-15/h4-7,15-16H,1-3,8-12H2/t15-,16-/m1/s1. The lowest BCUT2D eigenvalue weighted by atomic mass is 9.83. The molecule has 2 aliphatic heterocycles. The summed E-state index contributed by atoms with van der Waals surface area (Å²) < 4.78 is 0. The van der Waals surface area contributed by atoms with Gasteiger partial charge in [-0.25, -0.2) is 0 Å². The minimum atomic E-state index is 0.994. The molecule has 0 amide bonds. The summed E-state index contributed by atoms with van der Waals surface area (Å²) in [6.45, 7) is 0. The summed E-state index contributed by atoms with van der Waals surface area (Å²) in [4.78, 5) is 0. The SMILES string of the molecule is c1cc2ccc1CSC[C@@H]1CCC[C@@H](CSC2)C1. The largest absolute Gasteiger partial charge is 0.157 e. The second kappa shape index (κ2) is 6.38. The third kappa shape index (κ3) is 3.48. The molecule has 1 aliphatic carbocycles. The summed E-state index contributed by atoms with van der Waals surface area (Å²) in [7, 11) is 0. The van der Waals surface area contributed by atoms with Crippen LogP contribution in [0.2, 0.25) is 0 Å². The van der Waals surface area contributed by atoms with Crippen LogP contribution in [-0.2, 0) is 11.5 Å². The number of hydrogen-bond donors (Lipinski definition) is 0. The van der Waals surface area contributed by atoms with Crippen molar-refractivity contribution in [2.24, 2.45) is 11.8 Å². The number of hydrogen-bond acceptors (Lipinski definition) is 2. The van der Waals surface area contributed by atoms with Gasteiger partial charge in [0, 0.05) is 11.5 Å². The van der Waals surface area contributed by atoms with Crippen LogP contribution in [0.25, 0.3) is 0 Å². The quantitative estimate of drug-likeness (QED) is 0.657. The second-order valence-electron chi connectivity index (χ2n) is 5.75. The third-order valence-electron chi connectivity index (χ3n) is 4.16. The highest BCUT2D eigenvalue weighted by Crippen LogP contribution is 2.34. The third-order valence-corrected chi connectivity index (χ3v) is 6.65. The molecule has 1 saturated carbocycles. The summed E-state index contributed by atoms with van der Waals surface area (Å²) in [5, 5.41) is 0. The molecule has 0 aromatic heterocycles. The van der Waals surface area contributed by atoms with Gasteiger partial charge in [0.05, 0.1) is 0 Å². The molecule has 4 rings (SSSR count). The van der Waals surface area contributed by atoms with E-state index in [1.54, 1.807) is 0 Å². The van der Waals surface area contributed by atoms with Crippen LogP contribution in [0.5, 0.6) is 0 Å². The van der Waals surface area contributed by atoms with E-state index in [1.807, 2.05) is 0 Å². The van der Waals surface area contributed by atoms with Gasteiger partial charge in [0.25, 0.3) is 0 Å². The highest BCUT2D eigenvalue weighted by atomic mass is 32.2. The van der Waals surface area contributed by atoms with Crippen molar-refractivity contribution in [1.29, 1.82) is 0 Å². The average Bonchev–Trinajstić information content (AvgIpc) is 2.42. The van der Waals surface area contributed by atoms with Crippen molar-refractivity contribution in [3.05, 3.63) is 35.4 Å². The number of thioether (sulfide) groups is 2. The average molecular weight is 278 g/mol. The Morgan fingerprint density at radius 2 is 1.28 bits per heavy atom. The first-order valence-corrected chi connectivity index (χ1v) is 9.44. The van der Waals surface area contributed by atoms with Crippen LogP contribution in [0.3, 0.4) is 0 Å². The molecule has 0 radical (unpaired) electrons. The molecule has 1 fully saturated rings. The molecule has 0 unspecified atom stereocenters. The molecular weight excluding hydrogens is 256 g/mol. The molecule has 0 N–H and O–H groups in total. The predicted molar refractivity (Wildman–Crippen MR) is 84.2 cm³/mol. The molecule has 2 heteroatoms. The minimum Gasteiger partial charge on any atom is -0.157 e. The van der Waals surface area contributed by atoms with Gasteiger partial charge in [-0.1, -0.05) is 30.7 Å². The van der Waals surface area contributed by atoms with E-state index in [1.165, 1.54) is 59.8 Å². The van der Waals surface area contributed by atoms with Crippen LogP contribution in [0.1, 0.15) is 36.8 Å². The van der Waals surface area contributed by atoms with Crippen molar-refractivity contribution in [1.82, 2.24) is 0 Å². The molecular formula is C16H22S2. The Labute approximate surface area is 119 Å². The number of benzene rings is 1. The molecule has 2 atom stereocenters. The normalized spacial score (nSPS) is 29.1. The zero-order chi connectivity index (χ0) is 12.2. The predicted octanol–water partition coefficient (Wildman–Crippen LogP) is 4.97. The van der Waals surface area contributed by atoms with Crippen molar-refractivity contribution < 1.29 is 0 Å². The van der Waals surface area contributed by atoms with E-state index in [-0.39, 0.29) is 0 Å². The van der Waals surface area contributed by atoms with Gasteiger partial charge >= 0.3 is 0 Å². The Balaban J connectivity index is 1.69. The fourth-order valence-electron chi connectivity index (χ4n) is 3.12. The Kier molecular flexibility index (Phi) is 4.58. The van der Waals surface area contributed by atoms with E-state index >= 15 is 0 Å². The van der Waals surface area contributed by atoms with E-state index in [4.69, 9.17) is 0 Å². The van der Waals surface area contributed by atoms with Crippen LogP contribution < -0.4 is 0 Å². The van der Waals surface area contributed by atoms with Crippen molar-refractivity contribution >= 4 is 23.5 Å². The zero-order valence-corrected chi connectivity index (χ0v) is 12.6. The first-order valence-electron chi connectivity index (χ1n) is 7.13. The van der Waals surface area contributed by atoms with E-state index in [9.17, 15) is 0 Å². The Morgan fingerprint density at radius 1 is 0.778 bits per heavy atom. The first kappa shape index (κ1) is 12.9. The zero-order valence-electron chi connectivity index (χ0n) is 10.9. The van der Waals surface area contributed by atoms with Crippen molar-refractivity contribution in [2.45, 2.75) is 37.2 Å². The highest BCUT2D eigenvalue weighted by molar-refractivity contribution is 7.98. The van der Waals surface area contributed by atoms with Gasteiger partial charge in [-0.05, 0) is 53.7 Å². The number of rotatable bonds is 0. The topological polar surface area (TPSA) is 0 Å². The van der Waals surface area contributed by atoms with Gasteiger partial charge in [-0.2, -0.15) is 23.5 Å². The molecule has 18 heavy (non-hydrogen) atoms. The molecule has 0 spiro atoms. The summed E-state index contributed by atoms with van der Waals surface area (Å²) in [6, 6.07) is 9.31. The summed E-state index contributed by atoms with van der Waals surface area (Å²) in [6.07, 6.45) is 5.92. The highest BCUT2D eigenvalue weighted by Gasteiger charge is 2.22. The molecule has 2 heterocycles. The summed E-state index contributed by atoms with van der Waals surface area (Å²) in [5.41, 5.74) is 3.00. The van der Waals surface area contributed by atoms with E-state index < -0.39 is 0 Å². The Morgan fingerprint density at radius 3 is 1.78 bits per heavy atom. The van der Waals surface area contributed by atoms with Gasteiger partial charge < -0.3 is 0 Å². The number of fused-ring (bicyclic) bond motifs is 6.